The van der Waals surface area contributed by atoms with Gasteiger partial charge in [0.2, 0.25) is 5.95 Å². The van der Waals surface area contributed by atoms with Gasteiger partial charge in [-0.15, -0.1) is 0 Å². The third-order valence-corrected chi connectivity index (χ3v) is 4.43. The number of anilines is 2. The Bertz CT molecular complexity index is 862. The summed E-state index contributed by atoms with van der Waals surface area (Å²) >= 11 is 6.08. The fourth-order valence-corrected chi connectivity index (χ4v) is 3.22. The van der Waals surface area contributed by atoms with Crippen molar-refractivity contribution in [1.29, 1.82) is 0 Å². The number of hydrogen-bond acceptors (Lipinski definition) is 6. The number of nitrogens with two attached hydrogens (primary N) is 2. The highest BCUT2D eigenvalue weighted by molar-refractivity contribution is 6.31. The Balaban J connectivity index is 1.93. The first-order chi connectivity index (χ1) is 10.7. The van der Waals surface area contributed by atoms with E-state index in [1.807, 2.05) is 12.1 Å². The molecule has 4 N–H and O–H groups in total. The molecule has 0 aliphatic carbocycles. The van der Waals surface area contributed by atoms with Crippen molar-refractivity contribution in [3.63, 3.8) is 0 Å². The van der Waals surface area contributed by atoms with E-state index in [9.17, 15) is 0 Å². The maximum atomic E-state index is 6.08. The molecule has 0 radical (unpaired) electrons. The van der Waals surface area contributed by atoms with Crippen molar-refractivity contribution in [3.05, 3.63) is 23.2 Å². The molecule has 0 unspecified atom stereocenters. The molecular formula is C15H16ClN5O. The standard InChI is InChI=1S/C15H16ClN5O/c16-9-1-2-11-10(5-9)12-13(22-11)14(20-15(18)19-12)21-4-3-8(6-17)7-21/h1-2,5,8H,3-4,6-7,17H2,(H2,18,19,20)/t8-/m0/s1. The first-order valence-corrected chi connectivity index (χ1v) is 7.64. The first kappa shape index (κ1) is 13.6. The lowest BCUT2D eigenvalue weighted by Crippen LogP contribution is -2.24. The van der Waals surface area contributed by atoms with Crippen molar-refractivity contribution in [3.8, 4) is 0 Å². The first-order valence-electron chi connectivity index (χ1n) is 7.26. The van der Waals surface area contributed by atoms with Crippen LogP contribution >= 0.6 is 11.6 Å². The number of halogens is 1. The number of furan rings is 1. The Morgan fingerprint density at radius 1 is 1.36 bits per heavy atom. The molecule has 6 nitrogen and oxygen atoms in total. The molecule has 7 heteroatoms. The Morgan fingerprint density at radius 3 is 3.00 bits per heavy atom. The molecule has 0 bridgehead atoms. The average molecular weight is 318 g/mol. The van der Waals surface area contributed by atoms with Crippen LogP contribution in [-0.4, -0.2) is 29.6 Å². The molecule has 1 fully saturated rings. The lowest BCUT2D eigenvalue weighted by Gasteiger charge is -2.17. The minimum absolute atomic E-state index is 0.237. The molecule has 1 aliphatic rings. The lowest BCUT2D eigenvalue weighted by molar-refractivity contribution is 0.601. The smallest absolute Gasteiger partial charge is 0.222 e. The fraction of sp³-hybridized carbons (Fsp3) is 0.333. The zero-order valence-corrected chi connectivity index (χ0v) is 12.7. The summed E-state index contributed by atoms with van der Waals surface area (Å²) in [6.45, 7) is 2.43. The third kappa shape index (κ3) is 2.07. The Labute approximate surface area is 132 Å². The number of rotatable bonds is 2. The van der Waals surface area contributed by atoms with E-state index in [0.717, 1.165) is 36.3 Å². The number of benzene rings is 1. The van der Waals surface area contributed by atoms with Gasteiger partial charge in [-0.2, -0.15) is 4.98 Å². The second-order valence-corrected chi connectivity index (χ2v) is 6.10. The maximum Gasteiger partial charge on any atom is 0.222 e. The largest absolute Gasteiger partial charge is 0.450 e. The van der Waals surface area contributed by atoms with Gasteiger partial charge in [-0.1, -0.05) is 11.6 Å². The van der Waals surface area contributed by atoms with Crippen LogP contribution in [0.4, 0.5) is 11.8 Å². The highest BCUT2D eigenvalue weighted by atomic mass is 35.5. The van der Waals surface area contributed by atoms with Crippen molar-refractivity contribution >= 4 is 45.4 Å². The Morgan fingerprint density at radius 2 is 2.23 bits per heavy atom. The molecule has 114 valence electrons. The number of hydrogen-bond donors (Lipinski definition) is 2. The van der Waals surface area contributed by atoms with Crippen molar-refractivity contribution in [2.45, 2.75) is 6.42 Å². The number of nitrogen functional groups attached to an aromatic ring is 1. The van der Waals surface area contributed by atoms with Crippen LogP contribution in [0.2, 0.25) is 5.02 Å². The second-order valence-electron chi connectivity index (χ2n) is 5.66. The van der Waals surface area contributed by atoms with Crippen LogP contribution in [-0.2, 0) is 0 Å². The monoisotopic (exact) mass is 317 g/mol. The number of fused-ring (bicyclic) bond motifs is 3. The van der Waals surface area contributed by atoms with Crippen LogP contribution in [0.3, 0.4) is 0 Å². The van der Waals surface area contributed by atoms with Gasteiger partial charge in [-0.05, 0) is 37.1 Å². The summed E-state index contributed by atoms with van der Waals surface area (Å²) in [5.74, 6) is 1.46. The van der Waals surface area contributed by atoms with E-state index in [1.165, 1.54) is 0 Å². The van der Waals surface area contributed by atoms with Gasteiger partial charge in [0.15, 0.2) is 11.4 Å². The van der Waals surface area contributed by atoms with E-state index in [4.69, 9.17) is 27.5 Å². The van der Waals surface area contributed by atoms with E-state index in [1.54, 1.807) is 6.07 Å². The summed E-state index contributed by atoms with van der Waals surface area (Å²) in [5.41, 5.74) is 13.8. The molecule has 2 aromatic heterocycles. The highest BCUT2D eigenvalue weighted by Gasteiger charge is 2.26. The number of nitrogens with zero attached hydrogens (tertiary/aromatic N) is 3. The second kappa shape index (κ2) is 5.00. The summed E-state index contributed by atoms with van der Waals surface area (Å²) in [7, 11) is 0. The minimum atomic E-state index is 0.237. The SMILES string of the molecule is NC[C@@H]1CCN(c2nc(N)nc3c2oc2ccc(Cl)cc23)C1. The van der Waals surface area contributed by atoms with Crippen molar-refractivity contribution in [2.24, 2.45) is 11.7 Å². The minimum Gasteiger partial charge on any atom is -0.450 e. The molecule has 22 heavy (non-hydrogen) atoms. The van der Waals surface area contributed by atoms with Gasteiger partial charge in [0.25, 0.3) is 0 Å². The summed E-state index contributed by atoms with van der Waals surface area (Å²) < 4.78 is 5.96. The fourth-order valence-electron chi connectivity index (χ4n) is 3.05. The zero-order valence-electron chi connectivity index (χ0n) is 11.9. The van der Waals surface area contributed by atoms with Crippen molar-refractivity contribution < 1.29 is 4.42 Å². The van der Waals surface area contributed by atoms with Crippen LogP contribution in [0.1, 0.15) is 6.42 Å². The predicted octanol–water partition coefficient (Wildman–Crippen LogP) is 2.40. The van der Waals surface area contributed by atoms with Crippen molar-refractivity contribution in [1.82, 2.24) is 9.97 Å². The molecule has 1 aromatic carbocycles. The third-order valence-electron chi connectivity index (χ3n) is 4.19. The molecule has 1 atom stereocenters. The van der Waals surface area contributed by atoms with Gasteiger partial charge >= 0.3 is 0 Å². The summed E-state index contributed by atoms with van der Waals surface area (Å²) in [4.78, 5) is 10.9. The number of aromatic nitrogens is 2. The van der Waals surface area contributed by atoms with E-state index in [2.05, 4.69) is 14.9 Å². The Kier molecular flexibility index (Phi) is 3.09. The molecule has 3 heterocycles. The average Bonchev–Trinajstić information content (AvgIpc) is 3.11. The van der Waals surface area contributed by atoms with Crippen LogP contribution in [0.25, 0.3) is 22.1 Å². The van der Waals surface area contributed by atoms with Crippen LogP contribution in [0, 0.1) is 5.92 Å². The van der Waals surface area contributed by atoms with Gasteiger partial charge in [0, 0.05) is 23.5 Å². The molecular weight excluding hydrogens is 302 g/mol. The quantitative estimate of drug-likeness (QED) is 0.753. The Hall–Kier alpha value is -2.05. The van der Waals surface area contributed by atoms with Gasteiger partial charge < -0.3 is 20.8 Å². The van der Waals surface area contributed by atoms with Gasteiger partial charge in [0.05, 0.1) is 0 Å². The van der Waals surface area contributed by atoms with Gasteiger partial charge in [-0.3, -0.25) is 0 Å². The molecule has 4 rings (SSSR count). The topological polar surface area (TPSA) is 94.2 Å². The normalized spacial score (nSPS) is 18.6. The molecule has 0 amide bonds. The molecule has 1 aliphatic heterocycles. The van der Waals surface area contributed by atoms with Crippen LogP contribution in [0.15, 0.2) is 22.6 Å². The molecule has 1 saturated heterocycles. The summed E-state index contributed by atoms with van der Waals surface area (Å²) in [5, 5.41) is 1.49. The van der Waals surface area contributed by atoms with E-state index < -0.39 is 0 Å². The molecule has 3 aromatic rings. The maximum absolute atomic E-state index is 6.08. The molecule has 0 saturated carbocycles. The van der Waals surface area contributed by atoms with Crippen LogP contribution in [0.5, 0.6) is 0 Å². The van der Waals surface area contributed by atoms with Gasteiger partial charge in [-0.25, -0.2) is 4.98 Å². The van der Waals surface area contributed by atoms with Crippen molar-refractivity contribution in [2.75, 3.05) is 30.3 Å². The zero-order chi connectivity index (χ0) is 15.3. The highest BCUT2D eigenvalue weighted by Crippen LogP contribution is 2.36. The summed E-state index contributed by atoms with van der Waals surface area (Å²) in [6.07, 6.45) is 1.05. The predicted molar refractivity (Wildman–Crippen MR) is 88.1 cm³/mol. The molecule has 0 spiro atoms. The van der Waals surface area contributed by atoms with E-state index in [0.29, 0.717) is 28.6 Å². The summed E-state index contributed by atoms with van der Waals surface area (Å²) in [6, 6.07) is 5.47. The van der Waals surface area contributed by atoms with Crippen LogP contribution < -0.4 is 16.4 Å². The van der Waals surface area contributed by atoms with E-state index >= 15 is 0 Å². The lowest BCUT2D eigenvalue weighted by atomic mass is 10.1. The van der Waals surface area contributed by atoms with Gasteiger partial charge in [0.1, 0.15) is 11.1 Å². The van der Waals surface area contributed by atoms with E-state index in [-0.39, 0.29) is 5.95 Å².